The van der Waals surface area contributed by atoms with Gasteiger partial charge in [0.25, 0.3) is 0 Å². The van der Waals surface area contributed by atoms with Crippen molar-refractivity contribution >= 4 is 11.1 Å². The molecule has 0 spiro atoms. The van der Waals surface area contributed by atoms with Gasteiger partial charge in [-0.25, -0.2) is 8.78 Å². The van der Waals surface area contributed by atoms with Gasteiger partial charge >= 0.3 is 0 Å². The maximum Gasteiger partial charge on any atom is 0.130 e. The molecule has 0 radical (unpaired) electrons. The molecule has 4 unspecified atom stereocenters. The van der Waals surface area contributed by atoms with Gasteiger partial charge < -0.3 is 0 Å². The fourth-order valence-corrected chi connectivity index (χ4v) is 10.0. The number of hydrogen-bond acceptors (Lipinski definition) is 0. The number of rotatable bonds is 4. The monoisotopic (exact) mass is 500 g/mol. The van der Waals surface area contributed by atoms with Crippen LogP contribution in [0.25, 0.3) is 11.1 Å². The summed E-state index contributed by atoms with van der Waals surface area (Å²) < 4.78 is 32.1. The standard InChI is InChI=1S/C36H30F2/c37-31-17-9-7-15-25(31)33-34(26-16-8-10-18-32(26)38)36(24-13-5-2-6-14-24)29-21-22-30(36)28-20-19-27(29)35(28,33)23-11-3-1-4-12-23/h1-18,27-30H,19-22H2. The molecule has 0 saturated heterocycles. The first-order chi connectivity index (χ1) is 18.7. The molecule has 38 heavy (non-hydrogen) atoms. The Hall–Kier alpha value is -3.52. The molecule has 0 amide bonds. The summed E-state index contributed by atoms with van der Waals surface area (Å²) in [6.07, 6.45) is 4.55. The van der Waals surface area contributed by atoms with Crippen LogP contribution in [0.1, 0.15) is 47.9 Å². The average molecular weight is 501 g/mol. The Morgan fingerprint density at radius 3 is 1.08 bits per heavy atom. The Bertz CT molecular complexity index is 1430. The van der Waals surface area contributed by atoms with Crippen molar-refractivity contribution in [3.63, 3.8) is 0 Å². The smallest absolute Gasteiger partial charge is 0.130 e. The molecule has 0 aliphatic heterocycles. The van der Waals surface area contributed by atoms with Gasteiger partial charge in [0.05, 0.1) is 0 Å². The van der Waals surface area contributed by atoms with E-state index in [9.17, 15) is 0 Å². The Morgan fingerprint density at radius 2 is 0.737 bits per heavy atom. The van der Waals surface area contributed by atoms with E-state index in [1.807, 2.05) is 24.3 Å². The van der Waals surface area contributed by atoms with Crippen LogP contribution >= 0.6 is 0 Å². The van der Waals surface area contributed by atoms with Crippen LogP contribution in [-0.2, 0) is 10.8 Å². The van der Waals surface area contributed by atoms with Crippen LogP contribution in [0.5, 0.6) is 0 Å². The molecule has 5 aliphatic carbocycles. The highest BCUT2D eigenvalue weighted by Crippen LogP contribution is 2.82. The van der Waals surface area contributed by atoms with Gasteiger partial charge in [-0.05, 0) is 83.8 Å². The summed E-state index contributed by atoms with van der Waals surface area (Å²) in [4.78, 5) is 0. The number of benzene rings is 4. The Labute approximate surface area is 223 Å². The van der Waals surface area contributed by atoms with E-state index >= 15 is 8.78 Å². The first-order valence-electron chi connectivity index (χ1n) is 14.1. The fraction of sp³-hybridized carbons (Fsp3) is 0.278. The van der Waals surface area contributed by atoms with Gasteiger partial charge in [0.2, 0.25) is 0 Å². The second kappa shape index (κ2) is 7.99. The van der Waals surface area contributed by atoms with Gasteiger partial charge in [-0.1, -0.05) is 97.1 Å². The molecule has 2 heteroatoms. The van der Waals surface area contributed by atoms with E-state index in [1.54, 1.807) is 24.3 Å². The van der Waals surface area contributed by atoms with E-state index in [-0.39, 0.29) is 22.5 Å². The van der Waals surface area contributed by atoms with E-state index in [0.717, 1.165) is 36.8 Å². The van der Waals surface area contributed by atoms with E-state index in [1.165, 1.54) is 11.1 Å². The molecule has 4 atom stereocenters. The summed E-state index contributed by atoms with van der Waals surface area (Å²) in [5, 5.41) is 0. The number of halogens is 2. The number of allylic oxidation sites excluding steroid dienone is 2. The lowest BCUT2D eigenvalue weighted by atomic mass is 9.37. The van der Waals surface area contributed by atoms with Crippen LogP contribution in [0.2, 0.25) is 0 Å². The zero-order valence-electron chi connectivity index (χ0n) is 21.3. The molecule has 3 fully saturated rings. The Morgan fingerprint density at radius 1 is 0.421 bits per heavy atom. The third-order valence-corrected chi connectivity index (χ3v) is 10.8. The quantitative estimate of drug-likeness (QED) is 0.263. The topological polar surface area (TPSA) is 0 Å². The third kappa shape index (κ3) is 2.54. The molecule has 9 rings (SSSR count). The van der Waals surface area contributed by atoms with Crippen LogP contribution in [0.3, 0.4) is 0 Å². The summed E-state index contributed by atoms with van der Waals surface area (Å²) in [6.45, 7) is 0. The molecule has 5 aliphatic rings. The van der Waals surface area contributed by atoms with Gasteiger partial charge in [-0.2, -0.15) is 0 Å². The zero-order chi connectivity index (χ0) is 25.5. The van der Waals surface area contributed by atoms with Crippen molar-refractivity contribution in [3.8, 4) is 0 Å². The van der Waals surface area contributed by atoms with E-state index in [4.69, 9.17) is 0 Å². The summed E-state index contributed by atoms with van der Waals surface area (Å²) in [7, 11) is 0. The minimum Gasteiger partial charge on any atom is -0.206 e. The number of hydrogen-bond donors (Lipinski definition) is 0. The van der Waals surface area contributed by atoms with E-state index < -0.39 is 0 Å². The molecule has 3 saturated carbocycles. The minimum atomic E-state index is -0.330. The molecule has 0 aromatic heterocycles. The zero-order valence-corrected chi connectivity index (χ0v) is 21.3. The minimum absolute atomic E-state index is 0.214. The largest absolute Gasteiger partial charge is 0.206 e. The molecule has 0 heterocycles. The predicted molar refractivity (Wildman–Crippen MR) is 148 cm³/mol. The molecule has 6 bridgehead atoms. The highest BCUT2D eigenvalue weighted by molar-refractivity contribution is 6.04. The van der Waals surface area contributed by atoms with Crippen molar-refractivity contribution in [2.24, 2.45) is 23.7 Å². The molecule has 0 nitrogen and oxygen atoms in total. The second-order valence-corrected chi connectivity index (χ2v) is 11.8. The van der Waals surface area contributed by atoms with Crippen LogP contribution < -0.4 is 0 Å². The first-order valence-corrected chi connectivity index (χ1v) is 14.1. The second-order valence-electron chi connectivity index (χ2n) is 11.8. The fourth-order valence-electron chi connectivity index (χ4n) is 10.0. The molecule has 188 valence electrons. The van der Waals surface area contributed by atoms with Crippen molar-refractivity contribution in [2.75, 3.05) is 0 Å². The van der Waals surface area contributed by atoms with Gasteiger partial charge in [0.1, 0.15) is 11.6 Å². The Kier molecular flexibility index (Phi) is 4.72. The summed E-state index contributed by atoms with van der Waals surface area (Å²) in [5.41, 5.74) is 5.26. The molecule has 0 N–H and O–H groups in total. The van der Waals surface area contributed by atoms with E-state index in [2.05, 4.69) is 60.7 Å². The molecule has 4 aromatic carbocycles. The SMILES string of the molecule is Fc1ccccc1C1=C(c2ccccc2F)C2(c3ccccc3)C3CCC2C2CCC3C12c1ccccc1. The van der Waals surface area contributed by atoms with Crippen LogP contribution in [-0.4, -0.2) is 0 Å². The van der Waals surface area contributed by atoms with Crippen LogP contribution in [0, 0.1) is 35.3 Å². The average Bonchev–Trinajstić information content (AvgIpc) is 3.47. The third-order valence-electron chi connectivity index (χ3n) is 10.8. The predicted octanol–water partition coefficient (Wildman–Crippen LogP) is 8.83. The van der Waals surface area contributed by atoms with Gasteiger partial charge in [0, 0.05) is 22.0 Å². The normalized spacial score (nSPS) is 32.7. The van der Waals surface area contributed by atoms with Crippen molar-refractivity contribution in [3.05, 3.63) is 143 Å². The van der Waals surface area contributed by atoms with Crippen molar-refractivity contribution in [1.29, 1.82) is 0 Å². The lowest BCUT2D eigenvalue weighted by molar-refractivity contribution is 0.0691. The highest BCUT2D eigenvalue weighted by Gasteiger charge is 2.76. The van der Waals surface area contributed by atoms with Crippen LogP contribution in [0.4, 0.5) is 8.78 Å². The summed E-state index contributed by atoms with van der Waals surface area (Å²) in [6, 6.07) is 36.1. The molecule has 4 aromatic rings. The lowest BCUT2D eigenvalue weighted by Crippen LogP contribution is -2.61. The first kappa shape index (κ1) is 22.5. The Balaban J connectivity index is 1.62. The maximum absolute atomic E-state index is 16.1. The van der Waals surface area contributed by atoms with Gasteiger partial charge in [0.15, 0.2) is 0 Å². The molecular weight excluding hydrogens is 470 g/mol. The van der Waals surface area contributed by atoms with Crippen molar-refractivity contribution in [1.82, 2.24) is 0 Å². The van der Waals surface area contributed by atoms with Crippen molar-refractivity contribution < 1.29 is 8.78 Å². The van der Waals surface area contributed by atoms with Gasteiger partial charge in [-0.3, -0.25) is 0 Å². The summed E-state index contributed by atoms with van der Waals surface area (Å²) in [5.74, 6) is 1.12. The maximum atomic E-state index is 16.1. The van der Waals surface area contributed by atoms with Crippen molar-refractivity contribution in [2.45, 2.75) is 36.5 Å². The summed E-state index contributed by atoms with van der Waals surface area (Å²) >= 11 is 0. The molecular formula is C36H30F2. The van der Waals surface area contributed by atoms with E-state index in [0.29, 0.717) is 34.8 Å². The van der Waals surface area contributed by atoms with Crippen LogP contribution in [0.15, 0.2) is 109 Å². The van der Waals surface area contributed by atoms with Gasteiger partial charge in [-0.15, -0.1) is 0 Å². The lowest BCUT2D eigenvalue weighted by Gasteiger charge is -2.65. The highest BCUT2D eigenvalue weighted by atomic mass is 19.1.